The molecule has 0 saturated carbocycles. The molecule has 2 aliphatic heterocycles. The number of hydrogen-bond donors (Lipinski definition) is 2. The monoisotopic (exact) mass is 703 g/mol. The van der Waals surface area contributed by atoms with Crippen LogP contribution in [0.4, 0.5) is 13.2 Å². The predicted octanol–water partition coefficient (Wildman–Crippen LogP) is 5.79. The number of methoxy groups -OCH3 is 3. The van der Waals surface area contributed by atoms with Crippen LogP contribution in [-0.2, 0) is 33.5 Å². The molecular formula is C33H42Cl2F3N3O6. The number of aliphatic carboxylic acids is 1. The number of ether oxygens (including phenoxy) is 3. The molecule has 0 saturated heterocycles. The van der Waals surface area contributed by atoms with Crippen LogP contribution in [-0.4, -0.2) is 74.9 Å². The Morgan fingerprint density at radius 1 is 0.979 bits per heavy atom. The average molecular weight is 705 g/mol. The molecule has 260 valence electrons. The minimum Gasteiger partial charge on any atom is -0.493 e. The predicted molar refractivity (Wildman–Crippen MR) is 176 cm³/mol. The second-order valence-electron chi connectivity index (χ2n) is 11.9. The Hall–Kier alpha value is -3.45. The number of esters is 1. The molecule has 2 aromatic carbocycles. The normalized spacial score (nSPS) is 17.0. The first-order chi connectivity index (χ1) is 21.2. The molecule has 9 nitrogen and oxygen atoms in total. The summed E-state index contributed by atoms with van der Waals surface area (Å²) in [5.74, 6) is -1.97. The van der Waals surface area contributed by atoms with Crippen LogP contribution < -0.4 is 15.2 Å². The fraction of sp³-hybridized carbons (Fsp3) is 0.455. The second-order valence-corrected chi connectivity index (χ2v) is 11.9. The molecular weight excluding hydrogens is 662 g/mol. The van der Waals surface area contributed by atoms with E-state index in [9.17, 15) is 27.9 Å². The Morgan fingerprint density at radius 3 is 2.04 bits per heavy atom. The smallest absolute Gasteiger partial charge is 0.416 e. The van der Waals surface area contributed by atoms with Gasteiger partial charge in [0.15, 0.2) is 11.5 Å². The van der Waals surface area contributed by atoms with Gasteiger partial charge in [-0.15, -0.1) is 24.8 Å². The third kappa shape index (κ3) is 7.99. The number of fused-ring (bicyclic) bond motifs is 1. The van der Waals surface area contributed by atoms with Crippen LogP contribution in [0.15, 0.2) is 58.9 Å². The summed E-state index contributed by atoms with van der Waals surface area (Å²) >= 11 is 0. The number of rotatable bonds is 10. The van der Waals surface area contributed by atoms with Gasteiger partial charge in [-0.1, -0.05) is 26.0 Å². The molecule has 3 N–H and O–H groups in total. The van der Waals surface area contributed by atoms with Crippen LogP contribution >= 0.6 is 24.8 Å². The van der Waals surface area contributed by atoms with Crippen molar-refractivity contribution in [2.45, 2.75) is 45.3 Å². The van der Waals surface area contributed by atoms with Gasteiger partial charge in [0.2, 0.25) is 0 Å². The molecule has 1 unspecified atom stereocenters. The van der Waals surface area contributed by atoms with Gasteiger partial charge in [-0.3, -0.25) is 4.90 Å². The van der Waals surface area contributed by atoms with Crippen LogP contribution in [0.3, 0.4) is 0 Å². The van der Waals surface area contributed by atoms with Gasteiger partial charge in [0.05, 0.1) is 44.0 Å². The third-order valence-corrected chi connectivity index (χ3v) is 8.70. The number of nitrogens with two attached hydrogens (primary N) is 1. The summed E-state index contributed by atoms with van der Waals surface area (Å²) in [6.45, 7) is 5.53. The maximum Gasteiger partial charge on any atom is 0.416 e. The van der Waals surface area contributed by atoms with Crippen LogP contribution in [0.2, 0.25) is 0 Å². The Morgan fingerprint density at radius 2 is 1.55 bits per heavy atom. The van der Waals surface area contributed by atoms with Crippen LogP contribution in [0.25, 0.3) is 0 Å². The maximum atomic E-state index is 13.5. The van der Waals surface area contributed by atoms with E-state index in [1.165, 1.54) is 19.2 Å². The van der Waals surface area contributed by atoms with Crippen molar-refractivity contribution in [3.8, 4) is 11.5 Å². The summed E-state index contributed by atoms with van der Waals surface area (Å²) in [5, 5.41) is 10.6. The number of carbonyl (C=O) groups excluding carboxylic acids is 1. The summed E-state index contributed by atoms with van der Waals surface area (Å²) in [6, 6.07) is 8.16. The van der Waals surface area contributed by atoms with Gasteiger partial charge < -0.3 is 30.0 Å². The fourth-order valence-electron chi connectivity index (χ4n) is 6.33. The highest BCUT2D eigenvalue weighted by Gasteiger charge is 2.45. The lowest BCUT2D eigenvalue weighted by molar-refractivity contribution is -0.138. The first-order valence-electron chi connectivity index (χ1n) is 14.5. The van der Waals surface area contributed by atoms with Crippen LogP contribution in [0, 0.1) is 5.41 Å². The van der Waals surface area contributed by atoms with Gasteiger partial charge in [-0.05, 0) is 47.4 Å². The molecule has 47 heavy (non-hydrogen) atoms. The Balaban J connectivity index is 0.00000384. The molecule has 1 atom stereocenters. The van der Waals surface area contributed by atoms with Crippen molar-refractivity contribution < 1.29 is 42.1 Å². The van der Waals surface area contributed by atoms with Crippen molar-refractivity contribution in [1.29, 1.82) is 0 Å². The van der Waals surface area contributed by atoms with Crippen molar-refractivity contribution in [3.63, 3.8) is 0 Å². The Kier molecular flexibility index (Phi) is 13.2. The van der Waals surface area contributed by atoms with E-state index in [0.29, 0.717) is 42.4 Å². The number of carboxylic acid groups (broad SMARTS) is 1. The van der Waals surface area contributed by atoms with Crippen molar-refractivity contribution in [2.75, 3.05) is 48.0 Å². The quantitative estimate of drug-likeness (QED) is 0.297. The first kappa shape index (κ1) is 39.7. The van der Waals surface area contributed by atoms with Crippen molar-refractivity contribution in [2.24, 2.45) is 11.1 Å². The first-order valence-corrected chi connectivity index (χ1v) is 14.5. The number of halogens is 5. The molecule has 2 heterocycles. The summed E-state index contributed by atoms with van der Waals surface area (Å²) in [7, 11) is 6.06. The molecule has 2 aromatic rings. The van der Waals surface area contributed by atoms with Crippen molar-refractivity contribution in [1.82, 2.24) is 9.80 Å². The molecule has 0 spiro atoms. The van der Waals surface area contributed by atoms with Gasteiger partial charge in [0.1, 0.15) is 0 Å². The van der Waals surface area contributed by atoms with E-state index in [0.717, 1.165) is 36.2 Å². The lowest BCUT2D eigenvalue weighted by atomic mass is 9.73. The highest BCUT2D eigenvalue weighted by molar-refractivity contribution is 5.99. The van der Waals surface area contributed by atoms with Gasteiger partial charge in [0.25, 0.3) is 0 Å². The van der Waals surface area contributed by atoms with E-state index in [1.54, 1.807) is 40.0 Å². The van der Waals surface area contributed by atoms with Gasteiger partial charge in [-0.2, -0.15) is 13.2 Å². The van der Waals surface area contributed by atoms with Gasteiger partial charge in [-0.25, -0.2) is 9.59 Å². The number of carboxylic acids is 1. The molecule has 4 rings (SSSR count). The molecule has 0 bridgehead atoms. The zero-order valence-electron chi connectivity index (χ0n) is 27.2. The summed E-state index contributed by atoms with van der Waals surface area (Å²) in [6.07, 6.45) is -3.49. The zero-order chi connectivity index (χ0) is 33.3. The molecule has 14 heteroatoms. The van der Waals surface area contributed by atoms with Gasteiger partial charge in [0, 0.05) is 56.5 Å². The minimum atomic E-state index is -4.59. The molecule has 0 fully saturated rings. The van der Waals surface area contributed by atoms with E-state index < -0.39 is 35.0 Å². The largest absolute Gasteiger partial charge is 0.493 e. The van der Waals surface area contributed by atoms with Gasteiger partial charge >= 0.3 is 18.1 Å². The topological polar surface area (TPSA) is 115 Å². The van der Waals surface area contributed by atoms with Crippen molar-refractivity contribution >= 4 is 36.8 Å². The number of hydrogen-bond acceptors (Lipinski definition) is 8. The van der Waals surface area contributed by atoms with Crippen LogP contribution in [0.5, 0.6) is 11.5 Å². The average Bonchev–Trinajstić information content (AvgIpc) is 3.01. The highest BCUT2D eigenvalue weighted by Crippen LogP contribution is 2.48. The summed E-state index contributed by atoms with van der Waals surface area (Å²) in [5.41, 5.74) is 7.69. The van der Waals surface area contributed by atoms with E-state index in [1.807, 2.05) is 12.1 Å². The third-order valence-electron chi connectivity index (χ3n) is 8.70. The molecule has 2 aliphatic rings. The lowest BCUT2D eigenvalue weighted by Crippen LogP contribution is -2.43. The van der Waals surface area contributed by atoms with E-state index in [4.69, 9.17) is 19.9 Å². The lowest BCUT2D eigenvalue weighted by Gasteiger charge is -2.44. The van der Waals surface area contributed by atoms with E-state index in [2.05, 4.69) is 4.90 Å². The zero-order valence-corrected chi connectivity index (χ0v) is 28.8. The number of nitrogens with zero attached hydrogens (tertiary/aromatic N) is 2. The maximum absolute atomic E-state index is 13.5. The summed E-state index contributed by atoms with van der Waals surface area (Å²) in [4.78, 5) is 30.4. The molecule has 0 radical (unpaired) electrons. The van der Waals surface area contributed by atoms with E-state index in [-0.39, 0.29) is 48.1 Å². The van der Waals surface area contributed by atoms with Crippen molar-refractivity contribution in [3.05, 3.63) is 81.2 Å². The molecule has 0 amide bonds. The minimum absolute atomic E-state index is 0. The van der Waals surface area contributed by atoms with Crippen LogP contribution in [0.1, 0.15) is 48.4 Å². The summed E-state index contributed by atoms with van der Waals surface area (Å²) < 4.78 is 56.4. The highest BCUT2D eigenvalue weighted by atomic mass is 35.5. The number of alkyl halides is 3. The Bertz CT molecular complexity index is 1530. The number of benzene rings is 2. The molecule has 0 aromatic heterocycles. The fourth-order valence-corrected chi connectivity index (χ4v) is 6.33. The number of carbonyl (C=O) groups is 2. The standard InChI is InChI=1S/C33H40F3N3O6.2ClH/c1-32(2,18-37)29-28(30(40)41)26(19-7-9-22(10-8-19)33(34,35)36)27(31(42)45-6)23(38(29)3)12-14-39-13-11-20-15-24(43-4)25(44-5)16-21(20)17-39;;/h7-10,15-16,26H,11-14,17-18,37H2,1-6H3,(H,40,41);2*1H. The Labute approximate surface area is 285 Å². The second kappa shape index (κ2) is 15.6. The molecule has 0 aliphatic carbocycles. The van der Waals surface area contributed by atoms with E-state index >= 15 is 0 Å². The SMILES string of the molecule is COC(=O)C1=C(CCN2CCc3cc(OC)c(OC)cc3C2)N(C)C(C(C)(C)CN)=C(C(=O)O)C1c1ccc(C(F)(F)F)cc1.Cl.Cl.